The van der Waals surface area contributed by atoms with Crippen molar-refractivity contribution in [3.63, 3.8) is 0 Å². The molecule has 0 fully saturated rings. The molecule has 0 amide bonds. The highest BCUT2D eigenvalue weighted by Crippen LogP contribution is 2.42. The molecule has 2 aromatic rings. The first-order valence-corrected chi connectivity index (χ1v) is 7.06. The maximum Gasteiger partial charge on any atom is 0.158 e. The van der Waals surface area contributed by atoms with Gasteiger partial charge in [-0.25, -0.2) is 0 Å². The Labute approximate surface area is 120 Å². The minimum absolute atomic E-state index is 0.0559. The molecule has 0 radical (unpaired) electrons. The zero-order valence-electron chi connectivity index (χ0n) is 11.6. The van der Waals surface area contributed by atoms with Crippen molar-refractivity contribution in [2.45, 2.75) is 18.8 Å². The van der Waals surface area contributed by atoms with Gasteiger partial charge in [-0.15, -0.1) is 0 Å². The van der Waals surface area contributed by atoms with E-state index in [0.29, 0.717) is 0 Å². The normalized spacial score (nSPS) is 20.9. The second-order valence-corrected chi connectivity index (χ2v) is 5.54. The Kier molecular flexibility index (Phi) is 3.27. The zero-order chi connectivity index (χ0) is 14.0. The summed E-state index contributed by atoms with van der Waals surface area (Å²) in [4.78, 5) is 11.9. The third-order valence-corrected chi connectivity index (χ3v) is 4.22. The van der Waals surface area contributed by atoms with E-state index < -0.39 is 0 Å². The number of hydrogen-bond acceptors (Lipinski definition) is 1. The van der Waals surface area contributed by atoms with Gasteiger partial charge in [-0.05, 0) is 23.6 Å². The molecule has 1 aliphatic rings. The van der Waals surface area contributed by atoms with Crippen molar-refractivity contribution >= 4 is 5.78 Å². The molecule has 1 aliphatic carbocycles. The molecule has 0 saturated carbocycles. The summed E-state index contributed by atoms with van der Waals surface area (Å²) >= 11 is 0. The molecular weight excluding hydrogens is 244 g/mol. The third kappa shape index (κ3) is 2.09. The molecule has 1 unspecified atom stereocenters. The van der Waals surface area contributed by atoms with E-state index in [9.17, 15) is 4.79 Å². The van der Waals surface area contributed by atoms with Crippen molar-refractivity contribution in [1.82, 2.24) is 0 Å². The summed E-state index contributed by atoms with van der Waals surface area (Å²) in [6.45, 7) is 2.02. The lowest BCUT2D eigenvalue weighted by molar-refractivity contribution is -0.118. The lowest BCUT2D eigenvalue weighted by Gasteiger charge is -2.36. The van der Waals surface area contributed by atoms with E-state index in [2.05, 4.69) is 54.6 Å². The smallest absolute Gasteiger partial charge is 0.158 e. The molecule has 2 aromatic carbocycles. The highest BCUT2D eigenvalue weighted by Gasteiger charge is 2.37. The number of carbonyl (C=O) groups excluding carboxylic acids is 1. The predicted molar refractivity (Wildman–Crippen MR) is 81.6 cm³/mol. The molecule has 0 aromatic heterocycles. The first-order valence-electron chi connectivity index (χ1n) is 7.06. The van der Waals surface area contributed by atoms with Crippen LogP contribution in [-0.4, -0.2) is 5.78 Å². The Morgan fingerprint density at radius 3 is 1.85 bits per heavy atom. The predicted octanol–water partition coefficient (Wildman–Crippen LogP) is 4.14. The summed E-state index contributed by atoms with van der Waals surface area (Å²) in [5.74, 6) is 0.285. The minimum atomic E-state index is -0.185. The van der Waals surface area contributed by atoms with Gasteiger partial charge in [0.25, 0.3) is 0 Å². The highest BCUT2D eigenvalue weighted by atomic mass is 16.1. The van der Waals surface area contributed by atoms with Crippen molar-refractivity contribution in [2.75, 3.05) is 0 Å². The summed E-state index contributed by atoms with van der Waals surface area (Å²) in [6.07, 6.45) is 4.67. The van der Waals surface area contributed by atoms with Crippen LogP contribution >= 0.6 is 0 Å². The van der Waals surface area contributed by atoms with E-state index in [4.69, 9.17) is 0 Å². The third-order valence-electron chi connectivity index (χ3n) is 4.22. The van der Waals surface area contributed by atoms with Crippen LogP contribution in [0.4, 0.5) is 0 Å². The Hall–Kier alpha value is -2.15. The average Bonchev–Trinajstić information content (AvgIpc) is 2.52. The van der Waals surface area contributed by atoms with Gasteiger partial charge < -0.3 is 0 Å². The van der Waals surface area contributed by atoms with Crippen molar-refractivity contribution in [3.05, 3.63) is 83.9 Å². The Balaban J connectivity index is 2.19. The summed E-state index contributed by atoms with van der Waals surface area (Å²) < 4.78 is 0. The second kappa shape index (κ2) is 5.09. The maximum atomic E-state index is 11.9. The molecule has 100 valence electrons. The largest absolute Gasteiger partial charge is 0.295 e. The van der Waals surface area contributed by atoms with Crippen LogP contribution in [0.1, 0.15) is 24.5 Å². The molecular formula is C19H18O. The second-order valence-electron chi connectivity index (χ2n) is 5.54. The zero-order valence-corrected chi connectivity index (χ0v) is 11.6. The van der Waals surface area contributed by atoms with Gasteiger partial charge in [0.1, 0.15) is 0 Å². The number of hydrogen-bond donors (Lipinski definition) is 0. The number of rotatable bonds is 2. The van der Waals surface area contributed by atoms with Crippen LogP contribution in [-0.2, 0) is 10.2 Å². The molecule has 0 heterocycles. The SMILES string of the molecule is CC1CC(c2ccccc2)(c2ccccc2)C=CC1=O. The van der Waals surface area contributed by atoms with Crippen LogP contribution in [0.15, 0.2) is 72.8 Å². The Morgan fingerprint density at radius 1 is 0.900 bits per heavy atom. The van der Waals surface area contributed by atoms with E-state index in [1.165, 1.54) is 11.1 Å². The lowest BCUT2D eigenvalue weighted by atomic mass is 9.66. The summed E-state index contributed by atoms with van der Waals surface area (Å²) in [5, 5.41) is 0. The molecule has 1 atom stereocenters. The summed E-state index contributed by atoms with van der Waals surface area (Å²) in [5.41, 5.74) is 2.32. The molecule has 0 aliphatic heterocycles. The van der Waals surface area contributed by atoms with Gasteiger partial charge in [0, 0.05) is 11.3 Å². The van der Waals surface area contributed by atoms with Gasteiger partial charge in [0.05, 0.1) is 0 Å². The quantitative estimate of drug-likeness (QED) is 0.795. The van der Waals surface area contributed by atoms with Gasteiger partial charge in [0.15, 0.2) is 5.78 Å². The van der Waals surface area contributed by atoms with Gasteiger partial charge in [-0.1, -0.05) is 73.7 Å². The number of carbonyl (C=O) groups is 1. The fourth-order valence-electron chi connectivity index (χ4n) is 3.11. The molecule has 0 saturated heterocycles. The molecule has 1 heteroatoms. The Morgan fingerprint density at radius 2 is 1.40 bits per heavy atom. The summed E-state index contributed by atoms with van der Waals surface area (Å²) in [7, 11) is 0. The van der Waals surface area contributed by atoms with E-state index in [-0.39, 0.29) is 17.1 Å². The van der Waals surface area contributed by atoms with Crippen LogP contribution < -0.4 is 0 Å². The first kappa shape index (κ1) is 12.9. The molecule has 3 rings (SSSR count). The van der Waals surface area contributed by atoms with Crippen LogP contribution in [0.5, 0.6) is 0 Å². The number of allylic oxidation sites excluding steroid dienone is 2. The van der Waals surface area contributed by atoms with Crippen molar-refractivity contribution < 1.29 is 4.79 Å². The van der Waals surface area contributed by atoms with E-state index >= 15 is 0 Å². The highest BCUT2D eigenvalue weighted by molar-refractivity contribution is 5.93. The number of ketones is 1. The van der Waals surface area contributed by atoms with E-state index in [1.807, 2.05) is 19.1 Å². The maximum absolute atomic E-state index is 11.9. The van der Waals surface area contributed by atoms with Gasteiger partial charge in [-0.3, -0.25) is 4.79 Å². The standard InChI is InChI=1S/C19H18O/c1-15-14-19(13-12-18(15)20,16-8-4-2-5-9-16)17-10-6-3-7-11-17/h2-13,15H,14H2,1H3. The van der Waals surface area contributed by atoms with Crippen LogP contribution in [0.3, 0.4) is 0 Å². The van der Waals surface area contributed by atoms with Crippen molar-refractivity contribution in [3.8, 4) is 0 Å². The van der Waals surface area contributed by atoms with E-state index in [1.54, 1.807) is 6.08 Å². The summed E-state index contributed by atoms with van der Waals surface area (Å²) in [6, 6.07) is 20.9. The van der Waals surface area contributed by atoms with Gasteiger partial charge in [0.2, 0.25) is 0 Å². The molecule has 20 heavy (non-hydrogen) atoms. The fourth-order valence-corrected chi connectivity index (χ4v) is 3.11. The minimum Gasteiger partial charge on any atom is -0.295 e. The number of benzene rings is 2. The monoisotopic (exact) mass is 262 g/mol. The van der Waals surface area contributed by atoms with Gasteiger partial charge in [-0.2, -0.15) is 0 Å². The molecule has 1 nitrogen and oxygen atoms in total. The van der Waals surface area contributed by atoms with Crippen molar-refractivity contribution in [2.24, 2.45) is 5.92 Å². The molecule has 0 N–H and O–H groups in total. The van der Waals surface area contributed by atoms with E-state index in [0.717, 1.165) is 6.42 Å². The molecule has 0 bridgehead atoms. The lowest BCUT2D eigenvalue weighted by Crippen LogP contribution is -2.33. The van der Waals surface area contributed by atoms with Crippen molar-refractivity contribution in [1.29, 1.82) is 0 Å². The van der Waals surface area contributed by atoms with Gasteiger partial charge >= 0.3 is 0 Å². The molecule has 0 spiro atoms. The Bertz CT molecular complexity index is 586. The van der Waals surface area contributed by atoms with Crippen LogP contribution in [0.25, 0.3) is 0 Å². The van der Waals surface area contributed by atoms with Crippen LogP contribution in [0.2, 0.25) is 0 Å². The first-order chi connectivity index (χ1) is 9.72. The van der Waals surface area contributed by atoms with Crippen LogP contribution in [0, 0.1) is 5.92 Å². The fraction of sp³-hybridized carbons (Fsp3) is 0.211. The topological polar surface area (TPSA) is 17.1 Å². The average molecular weight is 262 g/mol.